The number of rotatable bonds is 8. The normalized spacial score (nSPS) is 10.0. The van der Waals surface area contributed by atoms with Crippen molar-refractivity contribution in [3.8, 4) is 29.4 Å². The zero-order valence-corrected chi connectivity index (χ0v) is 25.8. The highest BCUT2D eigenvalue weighted by Gasteiger charge is 2.08. The van der Waals surface area contributed by atoms with Gasteiger partial charge >= 0.3 is 5.97 Å². The number of thioether (sulfide) groups is 1. The van der Waals surface area contributed by atoms with E-state index in [1.54, 1.807) is 24.2 Å². The predicted octanol–water partition coefficient (Wildman–Crippen LogP) is 7.36. The summed E-state index contributed by atoms with van der Waals surface area (Å²) in [5.41, 5.74) is 7.57. The van der Waals surface area contributed by atoms with Crippen LogP contribution in [0, 0.1) is 30.6 Å². The Bertz CT molecular complexity index is 1790. The SMILES string of the molecule is COC(=O)COc1ccc(SCC=C(c2ccc(C#Cc3ccccn3)cc2)c2ccc(C#Cc3ccccn3)cc2)cc1C. The third kappa shape index (κ3) is 9.21. The molecule has 5 nitrogen and oxygen atoms in total. The maximum atomic E-state index is 11.4. The van der Waals surface area contributed by atoms with Gasteiger partial charge in [0, 0.05) is 34.2 Å². The Hall–Kier alpha value is -5.56. The van der Waals surface area contributed by atoms with Gasteiger partial charge in [0.1, 0.15) is 17.1 Å². The Balaban J connectivity index is 1.36. The Labute approximate surface area is 268 Å². The molecule has 0 bridgehead atoms. The number of ether oxygens (including phenoxy) is 2. The van der Waals surface area contributed by atoms with E-state index in [2.05, 4.69) is 74.8 Å². The number of nitrogens with zero attached hydrogens (tertiary/aromatic N) is 2. The first-order valence-electron chi connectivity index (χ1n) is 14.3. The number of pyridine rings is 2. The first kappa shape index (κ1) is 30.9. The minimum Gasteiger partial charge on any atom is -0.482 e. The molecule has 0 saturated heterocycles. The zero-order chi connectivity index (χ0) is 31.3. The molecular weight excluding hydrogens is 577 g/mol. The molecule has 220 valence electrons. The van der Waals surface area contributed by atoms with Gasteiger partial charge in [-0.3, -0.25) is 0 Å². The summed E-state index contributed by atoms with van der Waals surface area (Å²) in [5, 5.41) is 0. The fraction of sp³-hybridized carbons (Fsp3) is 0.103. The Morgan fingerprint density at radius 3 is 1.82 bits per heavy atom. The number of carbonyl (C=O) groups is 1. The molecule has 0 aliphatic heterocycles. The lowest BCUT2D eigenvalue weighted by molar-refractivity contribution is -0.142. The van der Waals surface area contributed by atoms with E-state index in [0.717, 1.165) is 55.4 Å². The van der Waals surface area contributed by atoms with Crippen molar-refractivity contribution >= 4 is 23.3 Å². The number of hydrogen-bond donors (Lipinski definition) is 0. The van der Waals surface area contributed by atoms with Crippen LogP contribution in [0.25, 0.3) is 5.57 Å². The number of hydrogen-bond acceptors (Lipinski definition) is 6. The molecule has 0 atom stereocenters. The van der Waals surface area contributed by atoms with Crippen molar-refractivity contribution in [2.75, 3.05) is 19.5 Å². The maximum absolute atomic E-state index is 11.4. The standard InChI is InChI=1S/C39H30N2O3S/c1-29-27-36(21-22-38(29)44-28-39(42)43-2)45-26-23-37(32-15-9-30(10-16-32)13-19-34-7-3-5-24-40-34)33-17-11-31(12-18-33)14-20-35-8-4-6-25-41-35/h3-12,15-18,21-25,27H,26,28H2,1-2H3. The molecule has 5 rings (SSSR count). The number of aromatic nitrogens is 2. The van der Waals surface area contributed by atoms with Crippen LogP contribution in [0.15, 0.2) is 126 Å². The molecule has 6 heteroatoms. The maximum Gasteiger partial charge on any atom is 0.343 e. The lowest BCUT2D eigenvalue weighted by Gasteiger charge is -2.11. The van der Waals surface area contributed by atoms with Gasteiger partial charge in [-0.15, -0.1) is 11.8 Å². The van der Waals surface area contributed by atoms with E-state index in [-0.39, 0.29) is 6.61 Å². The van der Waals surface area contributed by atoms with E-state index in [0.29, 0.717) is 5.75 Å². The van der Waals surface area contributed by atoms with E-state index in [9.17, 15) is 4.79 Å². The van der Waals surface area contributed by atoms with Crippen molar-refractivity contribution in [1.29, 1.82) is 0 Å². The van der Waals surface area contributed by atoms with Crippen molar-refractivity contribution in [2.24, 2.45) is 0 Å². The monoisotopic (exact) mass is 606 g/mol. The van der Waals surface area contributed by atoms with Crippen LogP contribution in [0.5, 0.6) is 5.75 Å². The third-order valence-corrected chi connectivity index (χ3v) is 7.57. The second kappa shape index (κ2) is 15.8. The van der Waals surface area contributed by atoms with Gasteiger partial charge in [0.25, 0.3) is 0 Å². The third-order valence-electron chi connectivity index (χ3n) is 6.65. The second-order valence-electron chi connectivity index (χ2n) is 9.81. The van der Waals surface area contributed by atoms with Gasteiger partial charge in [-0.05, 0) is 108 Å². The summed E-state index contributed by atoms with van der Waals surface area (Å²) in [5.74, 6) is 13.7. The molecule has 2 aromatic heterocycles. The van der Waals surface area contributed by atoms with Crippen LogP contribution < -0.4 is 4.74 Å². The molecule has 0 unspecified atom stereocenters. The number of methoxy groups -OCH3 is 1. The molecule has 0 amide bonds. The highest BCUT2D eigenvalue weighted by Crippen LogP contribution is 2.29. The molecule has 0 fully saturated rings. The summed E-state index contributed by atoms with van der Waals surface area (Å²) < 4.78 is 10.3. The quantitative estimate of drug-likeness (QED) is 0.105. The van der Waals surface area contributed by atoms with Crippen LogP contribution in [-0.4, -0.2) is 35.4 Å². The van der Waals surface area contributed by atoms with Crippen LogP contribution in [-0.2, 0) is 9.53 Å². The molecule has 0 saturated carbocycles. The number of carbonyl (C=O) groups excluding carboxylic acids is 1. The van der Waals surface area contributed by atoms with Crippen molar-refractivity contribution < 1.29 is 14.3 Å². The van der Waals surface area contributed by atoms with Gasteiger partial charge in [0.05, 0.1) is 7.11 Å². The van der Waals surface area contributed by atoms with Crippen molar-refractivity contribution in [3.63, 3.8) is 0 Å². The molecule has 0 radical (unpaired) electrons. The summed E-state index contributed by atoms with van der Waals surface area (Å²) in [4.78, 5) is 21.1. The summed E-state index contributed by atoms with van der Waals surface area (Å²) >= 11 is 1.73. The highest BCUT2D eigenvalue weighted by atomic mass is 32.2. The van der Waals surface area contributed by atoms with Crippen LogP contribution in [0.2, 0.25) is 0 Å². The van der Waals surface area contributed by atoms with Gasteiger partial charge in [-0.1, -0.05) is 54.3 Å². The largest absolute Gasteiger partial charge is 0.482 e. The smallest absolute Gasteiger partial charge is 0.343 e. The lowest BCUT2D eigenvalue weighted by Crippen LogP contribution is -2.12. The fourth-order valence-electron chi connectivity index (χ4n) is 4.30. The Kier molecular flexibility index (Phi) is 10.8. The van der Waals surface area contributed by atoms with Crippen molar-refractivity contribution in [3.05, 3.63) is 161 Å². The van der Waals surface area contributed by atoms with E-state index in [1.807, 2.05) is 79.7 Å². The van der Waals surface area contributed by atoms with E-state index in [4.69, 9.17) is 4.74 Å². The minimum absolute atomic E-state index is 0.114. The van der Waals surface area contributed by atoms with Gasteiger partial charge in [-0.2, -0.15) is 0 Å². The highest BCUT2D eigenvalue weighted by molar-refractivity contribution is 7.99. The van der Waals surface area contributed by atoms with E-state index < -0.39 is 5.97 Å². The number of esters is 1. The fourth-order valence-corrected chi connectivity index (χ4v) is 5.17. The minimum atomic E-state index is -0.410. The second-order valence-corrected chi connectivity index (χ2v) is 10.9. The molecule has 45 heavy (non-hydrogen) atoms. The van der Waals surface area contributed by atoms with E-state index in [1.165, 1.54) is 7.11 Å². The van der Waals surface area contributed by atoms with Crippen LogP contribution >= 0.6 is 11.8 Å². The average Bonchev–Trinajstić information content (AvgIpc) is 3.09. The molecule has 0 spiro atoms. The lowest BCUT2D eigenvalue weighted by atomic mass is 9.96. The predicted molar refractivity (Wildman–Crippen MR) is 180 cm³/mol. The number of benzene rings is 3. The zero-order valence-electron chi connectivity index (χ0n) is 25.0. The number of aryl methyl sites for hydroxylation is 1. The summed E-state index contributed by atoms with van der Waals surface area (Å²) in [6.07, 6.45) is 5.73. The molecule has 2 heterocycles. The first-order valence-corrected chi connectivity index (χ1v) is 15.3. The van der Waals surface area contributed by atoms with Gasteiger partial charge < -0.3 is 9.47 Å². The van der Waals surface area contributed by atoms with Crippen LogP contribution in [0.4, 0.5) is 0 Å². The molecule has 3 aromatic carbocycles. The molecule has 0 aliphatic carbocycles. The van der Waals surface area contributed by atoms with E-state index >= 15 is 0 Å². The Morgan fingerprint density at radius 1 is 0.756 bits per heavy atom. The van der Waals surface area contributed by atoms with Crippen molar-refractivity contribution in [2.45, 2.75) is 11.8 Å². The Morgan fingerprint density at radius 2 is 1.33 bits per heavy atom. The van der Waals surface area contributed by atoms with Gasteiger partial charge in [0.2, 0.25) is 0 Å². The molecular formula is C39H30N2O3S. The van der Waals surface area contributed by atoms with Crippen LogP contribution in [0.1, 0.15) is 39.2 Å². The summed E-state index contributed by atoms with van der Waals surface area (Å²) in [6, 6.07) is 33.9. The van der Waals surface area contributed by atoms with Gasteiger partial charge in [0.15, 0.2) is 6.61 Å². The topological polar surface area (TPSA) is 61.3 Å². The first-order chi connectivity index (χ1) is 22.1. The molecule has 0 N–H and O–H groups in total. The van der Waals surface area contributed by atoms with Crippen LogP contribution in [0.3, 0.4) is 0 Å². The van der Waals surface area contributed by atoms with Gasteiger partial charge in [-0.25, -0.2) is 14.8 Å². The summed E-state index contributed by atoms with van der Waals surface area (Å²) in [7, 11) is 1.35. The average molecular weight is 607 g/mol. The van der Waals surface area contributed by atoms with Crippen molar-refractivity contribution in [1.82, 2.24) is 9.97 Å². The summed E-state index contributed by atoms with van der Waals surface area (Å²) in [6.45, 7) is 1.85. The molecule has 0 aliphatic rings. The molecule has 5 aromatic rings.